The lowest BCUT2D eigenvalue weighted by Gasteiger charge is -2.06. The maximum absolute atomic E-state index is 5.94. The zero-order chi connectivity index (χ0) is 12.5. The van der Waals surface area contributed by atoms with Crippen LogP contribution in [0.1, 0.15) is 31.7 Å². The number of hydrogen-bond donors (Lipinski definition) is 2. The van der Waals surface area contributed by atoms with Crippen molar-refractivity contribution in [1.82, 2.24) is 0 Å². The molecule has 0 radical (unpaired) electrons. The predicted octanol–water partition coefficient (Wildman–Crippen LogP) is 2.77. The molecule has 2 fully saturated rings. The van der Waals surface area contributed by atoms with E-state index in [0.717, 1.165) is 23.9 Å². The highest BCUT2D eigenvalue weighted by Gasteiger charge is 2.47. The van der Waals surface area contributed by atoms with Crippen molar-refractivity contribution in [1.29, 1.82) is 0 Å². The number of guanidine groups is 1. The maximum atomic E-state index is 5.94. The molecular formula is C15H21N3. The summed E-state index contributed by atoms with van der Waals surface area (Å²) < 4.78 is 0. The monoisotopic (exact) mass is 243 g/mol. The minimum Gasteiger partial charge on any atom is -0.370 e. The lowest BCUT2D eigenvalue weighted by Crippen LogP contribution is -2.23. The van der Waals surface area contributed by atoms with Gasteiger partial charge in [-0.15, -0.1) is 0 Å². The molecule has 2 aliphatic rings. The van der Waals surface area contributed by atoms with Gasteiger partial charge in [-0.2, -0.15) is 0 Å². The standard InChI is InChI=1S/C15H21N3/c1-2-10-3-7-12(8-4-10)17-15(16)18-14-9-13(14)11-5-6-11/h3-4,7-8,11,13-14H,2,5-6,9H2,1H3,(H3,16,17,18)/t13-,14+/m0/s1. The fourth-order valence-electron chi connectivity index (χ4n) is 2.56. The Balaban J connectivity index is 1.56. The smallest absolute Gasteiger partial charge is 0.193 e. The van der Waals surface area contributed by atoms with Gasteiger partial charge in [0, 0.05) is 5.69 Å². The van der Waals surface area contributed by atoms with Crippen molar-refractivity contribution in [2.75, 3.05) is 5.32 Å². The Morgan fingerprint density at radius 2 is 2.06 bits per heavy atom. The molecule has 2 saturated carbocycles. The molecule has 0 heterocycles. The molecule has 3 N–H and O–H groups in total. The third kappa shape index (κ3) is 2.66. The summed E-state index contributed by atoms with van der Waals surface area (Å²) in [5, 5.41) is 3.17. The molecule has 96 valence electrons. The lowest BCUT2D eigenvalue weighted by molar-refractivity contribution is 0.686. The van der Waals surface area contributed by atoms with Crippen molar-refractivity contribution < 1.29 is 0 Å². The number of aryl methyl sites for hydroxylation is 1. The third-order valence-corrected chi connectivity index (χ3v) is 3.97. The van der Waals surface area contributed by atoms with Crippen molar-refractivity contribution in [3.8, 4) is 0 Å². The van der Waals surface area contributed by atoms with Gasteiger partial charge >= 0.3 is 0 Å². The Labute approximate surface area is 108 Å². The third-order valence-electron chi connectivity index (χ3n) is 3.97. The molecule has 0 spiro atoms. The molecular weight excluding hydrogens is 222 g/mol. The molecule has 18 heavy (non-hydrogen) atoms. The van der Waals surface area contributed by atoms with Gasteiger partial charge in [0.2, 0.25) is 0 Å². The number of rotatable bonds is 4. The summed E-state index contributed by atoms with van der Waals surface area (Å²) >= 11 is 0. The van der Waals surface area contributed by atoms with Gasteiger partial charge in [-0.05, 0) is 55.2 Å². The van der Waals surface area contributed by atoms with E-state index >= 15 is 0 Å². The summed E-state index contributed by atoms with van der Waals surface area (Å²) in [6, 6.07) is 8.86. The van der Waals surface area contributed by atoms with Crippen LogP contribution in [-0.2, 0) is 6.42 Å². The number of nitrogens with two attached hydrogens (primary N) is 1. The van der Waals surface area contributed by atoms with Crippen LogP contribution in [0.2, 0.25) is 0 Å². The number of hydrogen-bond acceptors (Lipinski definition) is 1. The van der Waals surface area contributed by atoms with E-state index in [2.05, 4.69) is 41.5 Å². The first-order chi connectivity index (χ1) is 8.76. The molecule has 3 nitrogen and oxygen atoms in total. The highest BCUT2D eigenvalue weighted by molar-refractivity contribution is 5.92. The van der Waals surface area contributed by atoms with Crippen LogP contribution in [-0.4, -0.2) is 12.0 Å². The number of nitrogens with zero attached hydrogens (tertiary/aromatic N) is 1. The van der Waals surface area contributed by atoms with Crippen LogP contribution in [0.15, 0.2) is 29.3 Å². The van der Waals surface area contributed by atoms with Gasteiger partial charge in [-0.25, -0.2) is 4.99 Å². The molecule has 0 aromatic heterocycles. The van der Waals surface area contributed by atoms with Gasteiger partial charge in [-0.3, -0.25) is 0 Å². The first-order valence-electron chi connectivity index (χ1n) is 6.95. The van der Waals surface area contributed by atoms with Crippen molar-refractivity contribution in [2.24, 2.45) is 22.6 Å². The van der Waals surface area contributed by atoms with Crippen LogP contribution < -0.4 is 11.1 Å². The summed E-state index contributed by atoms with van der Waals surface area (Å²) in [6.45, 7) is 2.16. The molecule has 0 aliphatic heterocycles. The van der Waals surface area contributed by atoms with Crippen LogP contribution in [0.3, 0.4) is 0 Å². The van der Waals surface area contributed by atoms with E-state index in [0.29, 0.717) is 12.0 Å². The fourth-order valence-corrected chi connectivity index (χ4v) is 2.56. The van der Waals surface area contributed by atoms with E-state index in [9.17, 15) is 0 Å². The van der Waals surface area contributed by atoms with Crippen LogP contribution in [0.4, 0.5) is 5.69 Å². The molecule has 0 bridgehead atoms. The number of nitrogens with one attached hydrogen (secondary N) is 1. The minimum atomic E-state index is 0.486. The topological polar surface area (TPSA) is 50.4 Å². The molecule has 3 rings (SSSR count). The molecule has 2 aliphatic carbocycles. The second-order valence-electron chi connectivity index (χ2n) is 5.49. The zero-order valence-electron chi connectivity index (χ0n) is 10.9. The van der Waals surface area contributed by atoms with Gasteiger partial charge in [-0.1, -0.05) is 19.1 Å². The largest absolute Gasteiger partial charge is 0.370 e. The first kappa shape index (κ1) is 11.6. The van der Waals surface area contributed by atoms with Crippen molar-refractivity contribution >= 4 is 11.6 Å². The van der Waals surface area contributed by atoms with Gasteiger partial charge in [0.05, 0.1) is 6.04 Å². The summed E-state index contributed by atoms with van der Waals surface area (Å²) in [5.41, 5.74) is 8.30. The van der Waals surface area contributed by atoms with Crippen LogP contribution in [0.5, 0.6) is 0 Å². The Morgan fingerprint density at radius 1 is 1.33 bits per heavy atom. The number of benzene rings is 1. The van der Waals surface area contributed by atoms with E-state index in [1.807, 2.05) is 0 Å². The summed E-state index contributed by atoms with van der Waals surface area (Å²) in [7, 11) is 0. The average molecular weight is 243 g/mol. The Kier molecular flexibility index (Phi) is 2.98. The Hall–Kier alpha value is -1.51. The van der Waals surface area contributed by atoms with E-state index in [1.54, 1.807) is 0 Å². The SMILES string of the molecule is CCc1ccc(NC(N)=N[C@@H]2C[C@H]2C2CC2)cc1. The molecule has 2 atom stereocenters. The molecule has 0 saturated heterocycles. The Bertz CT molecular complexity index is 445. The highest BCUT2D eigenvalue weighted by atomic mass is 15.1. The van der Waals surface area contributed by atoms with Crippen LogP contribution in [0, 0.1) is 11.8 Å². The van der Waals surface area contributed by atoms with E-state index in [4.69, 9.17) is 5.73 Å². The number of anilines is 1. The maximum Gasteiger partial charge on any atom is 0.193 e. The minimum absolute atomic E-state index is 0.486. The van der Waals surface area contributed by atoms with E-state index in [1.165, 1.54) is 24.8 Å². The van der Waals surface area contributed by atoms with E-state index < -0.39 is 0 Å². The summed E-state index contributed by atoms with van der Waals surface area (Å²) in [4.78, 5) is 4.55. The van der Waals surface area contributed by atoms with E-state index in [-0.39, 0.29) is 0 Å². The molecule has 1 aromatic carbocycles. The van der Waals surface area contributed by atoms with Crippen molar-refractivity contribution in [2.45, 2.75) is 38.6 Å². The average Bonchev–Trinajstić information content (AvgIpc) is 3.23. The lowest BCUT2D eigenvalue weighted by atomic mass is 10.1. The molecule has 1 aromatic rings. The first-order valence-corrected chi connectivity index (χ1v) is 6.95. The molecule has 0 amide bonds. The summed E-state index contributed by atoms with van der Waals surface area (Å²) in [6.07, 6.45) is 5.11. The molecule has 3 heteroatoms. The van der Waals surface area contributed by atoms with Crippen molar-refractivity contribution in [3.63, 3.8) is 0 Å². The molecule has 0 unspecified atom stereocenters. The predicted molar refractivity (Wildman–Crippen MR) is 75.7 cm³/mol. The Morgan fingerprint density at radius 3 is 2.67 bits per heavy atom. The highest BCUT2D eigenvalue weighted by Crippen LogP contribution is 2.51. The van der Waals surface area contributed by atoms with Gasteiger partial charge in [0.25, 0.3) is 0 Å². The van der Waals surface area contributed by atoms with Gasteiger partial charge in [0.15, 0.2) is 5.96 Å². The zero-order valence-corrected chi connectivity index (χ0v) is 10.9. The van der Waals surface area contributed by atoms with Crippen LogP contribution >= 0.6 is 0 Å². The fraction of sp³-hybridized carbons (Fsp3) is 0.533. The second-order valence-corrected chi connectivity index (χ2v) is 5.49. The normalized spacial score (nSPS) is 27.1. The second kappa shape index (κ2) is 4.63. The van der Waals surface area contributed by atoms with Gasteiger partial charge in [0.1, 0.15) is 0 Å². The van der Waals surface area contributed by atoms with Gasteiger partial charge < -0.3 is 11.1 Å². The van der Waals surface area contributed by atoms with Crippen LogP contribution in [0.25, 0.3) is 0 Å². The number of aliphatic imine (C=N–C) groups is 1. The van der Waals surface area contributed by atoms with Crippen molar-refractivity contribution in [3.05, 3.63) is 29.8 Å². The summed E-state index contributed by atoms with van der Waals surface area (Å²) in [5.74, 6) is 2.34. The quantitative estimate of drug-likeness (QED) is 0.631.